The zero-order chi connectivity index (χ0) is 15.6. The molecule has 5 nitrogen and oxygen atoms in total. The first kappa shape index (κ1) is 16.4. The number of anilines is 1. The van der Waals surface area contributed by atoms with Crippen molar-refractivity contribution in [1.29, 1.82) is 0 Å². The smallest absolute Gasteiger partial charge is 0.241 e. The molecule has 0 aromatic heterocycles. The first-order chi connectivity index (χ1) is 9.87. The highest BCUT2D eigenvalue weighted by Gasteiger charge is 2.29. The summed E-state index contributed by atoms with van der Waals surface area (Å²) in [6.45, 7) is 0. The van der Waals surface area contributed by atoms with E-state index in [1.165, 1.54) is 13.2 Å². The van der Waals surface area contributed by atoms with Crippen LogP contribution in [0.4, 0.5) is 10.1 Å². The van der Waals surface area contributed by atoms with Crippen LogP contribution in [0.3, 0.4) is 0 Å². The van der Waals surface area contributed by atoms with Crippen molar-refractivity contribution in [2.24, 2.45) is 0 Å². The number of halogens is 1. The molecule has 1 aliphatic carbocycles. The monoisotopic (exact) mass is 334 g/mol. The number of nitrogens with one attached hydrogen (secondary N) is 1. The van der Waals surface area contributed by atoms with Gasteiger partial charge in [-0.05, 0) is 37.7 Å². The Morgan fingerprint density at radius 3 is 2.67 bits per heavy atom. The van der Waals surface area contributed by atoms with E-state index in [2.05, 4.69) is 4.72 Å². The molecule has 2 rings (SSSR count). The topological polar surface area (TPSA) is 81.4 Å². The molecule has 1 aromatic rings. The molecule has 0 aliphatic heterocycles. The molecule has 0 spiro atoms. The van der Waals surface area contributed by atoms with E-state index >= 15 is 0 Å². The van der Waals surface area contributed by atoms with E-state index in [0.29, 0.717) is 5.25 Å². The lowest BCUT2D eigenvalue weighted by molar-refractivity contribution is 0.388. The molecule has 1 fully saturated rings. The van der Waals surface area contributed by atoms with Gasteiger partial charge in [0.1, 0.15) is 0 Å². The summed E-state index contributed by atoms with van der Waals surface area (Å²) < 4.78 is 45.8. The predicted molar refractivity (Wildman–Crippen MR) is 82.6 cm³/mol. The van der Waals surface area contributed by atoms with Gasteiger partial charge in [-0.3, -0.25) is 0 Å². The number of hydrogen-bond donors (Lipinski definition) is 2. The van der Waals surface area contributed by atoms with Gasteiger partial charge in [0, 0.05) is 11.3 Å². The molecule has 0 radical (unpaired) electrons. The molecule has 1 saturated carbocycles. The number of nitrogen functional groups attached to an aromatic ring is 1. The fourth-order valence-corrected chi connectivity index (χ4v) is 4.63. The fourth-order valence-electron chi connectivity index (χ4n) is 2.51. The van der Waals surface area contributed by atoms with Crippen molar-refractivity contribution in [1.82, 2.24) is 4.72 Å². The summed E-state index contributed by atoms with van der Waals surface area (Å²) in [5.41, 5.74) is 5.58. The molecule has 0 heterocycles. The van der Waals surface area contributed by atoms with Crippen LogP contribution < -0.4 is 15.2 Å². The highest BCUT2D eigenvalue weighted by atomic mass is 32.2. The summed E-state index contributed by atoms with van der Waals surface area (Å²) >= 11 is 1.74. The van der Waals surface area contributed by atoms with Crippen molar-refractivity contribution >= 4 is 27.5 Å². The van der Waals surface area contributed by atoms with Gasteiger partial charge < -0.3 is 10.5 Å². The summed E-state index contributed by atoms with van der Waals surface area (Å²) in [4.78, 5) is -0.175. The van der Waals surface area contributed by atoms with E-state index in [0.717, 1.165) is 25.3 Å². The largest absolute Gasteiger partial charge is 0.492 e. The molecule has 1 aromatic carbocycles. The first-order valence-electron chi connectivity index (χ1n) is 6.55. The molecular weight excluding hydrogens is 315 g/mol. The Kier molecular flexibility index (Phi) is 5.00. The van der Waals surface area contributed by atoms with Crippen molar-refractivity contribution in [3.8, 4) is 5.75 Å². The quantitative estimate of drug-likeness (QED) is 0.805. The van der Waals surface area contributed by atoms with E-state index in [4.69, 9.17) is 10.5 Å². The van der Waals surface area contributed by atoms with E-state index in [9.17, 15) is 12.8 Å². The van der Waals surface area contributed by atoms with Crippen LogP contribution in [-0.4, -0.2) is 33.1 Å². The molecule has 3 N–H and O–H groups in total. The molecular formula is C13H19FN2O3S2. The van der Waals surface area contributed by atoms with Crippen LogP contribution in [-0.2, 0) is 10.0 Å². The standard InChI is InChI=1S/C13H19FN2O3S2/c1-19-13-11(14)6-10(7-12(13)15)21(17,18)16-8-3-4-9(5-8)20-2/h6-9,16H,3-5,15H2,1-2H3. The Balaban J connectivity index is 2.20. The summed E-state index contributed by atoms with van der Waals surface area (Å²) in [5.74, 6) is -0.927. The van der Waals surface area contributed by atoms with Crippen molar-refractivity contribution in [3.05, 3.63) is 17.9 Å². The van der Waals surface area contributed by atoms with Crippen LogP contribution in [0, 0.1) is 5.82 Å². The van der Waals surface area contributed by atoms with Gasteiger partial charge in [-0.15, -0.1) is 0 Å². The van der Waals surface area contributed by atoms with Gasteiger partial charge in [0.2, 0.25) is 10.0 Å². The van der Waals surface area contributed by atoms with Crippen LogP contribution in [0.2, 0.25) is 0 Å². The third-order valence-corrected chi connectivity index (χ3v) is 6.19. The van der Waals surface area contributed by atoms with Gasteiger partial charge >= 0.3 is 0 Å². The normalized spacial score (nSPS) is 22.4. The highest BCUT2D eigenvalue weighted by molar-refractivity contribution is 7.99. The Morgan fingerprint density at radius 2 is 2.14 bits per heavy atom. The van der Waals surface area contributed by atoms with Crippen molar-refractivity contribution in [2.45, 2.75) is 35.4 Å². The Hall–Kier alpha value is -0.990. The number of rotatable bonds is 5. The first-order valence-corrected chi connectivity index (χ1v) is 9.32. The Labute approximate surface area is 128 Å². The maximum atomic E-state index is 13.8. The molecule has 0 bridgehead atoms. The van der Waals surface area contributed by atoms with E-state index in [-0.39, 0.29) is 22.4 Å². The third-order valence-electron chi connectivity index (χ3n) is 3.60. The van der Waals surface area contributed by atoms with Crippen LogP contribution in [0.25, 0.3) is 0 Å². The zero-order valence-corrected chi connectivity index (χ0v) is 13.6. The van der Waals surface area contributed by atoms with E-state index in [1.54, 1.807) is 11.8 Å². The lowest BCUT2D eigenvalue weighted by Gasteiger charge is -2.14. The lowest BCUT2D eigenvalue weighted by Crippen LogP contribution is -2.33. The number of sulfonamides is 1. The van der Waals surface area contributed by atoms with Crippen molar-refractivity contribution in [3.63, 3.8) is 0 Å². The maximum absolute atomic E-state index is 13.8. The Bertz CT molecular complexity index is 599. The second-order valence-corrected chi connectivity index (χ2v) is 7.87. The lowest BCUT2D eigenvalue weighted by atomic mass is 10.3. The molecule has 2 unspecified atom stereocenters. The number of methoxy groups -OCH3 is 1. The fraction of sp³-hybridized carbons (Fsp3) is 0.538. The molecule has 0 amide bonds. The highest BCUT2D eigenvalue weighted by Crippen LogP contribution is 2.31. The van der Waals surface area contributed by atoms with Gasteiger partial charge in [0.25, 0.3) is 0 Å². The molecule has 21 heavy (non-hydrogen) atoms. The third kappa shape index (κ3) is 3.61. The number of nitrogens with two attached hydrogens (primary N) is 1. The number of benzene rings is 1. The second kappa shape index (κ2) is 6.41. The minimum atomic E-state index is -3.78. The number of hydrogen-bond acceptors (Lipinski definition) is 5. The molecule has 2 atom stereocenters. The molecule has 1 aliphatic rings. The second-order valence-electron chi connectivity index (χ2n) is 5.02. The average Bonchev–Trinajstić information content (AvgIpc) is 2.85. The average molecular weight is 334 g/mol. The van der Waals surface area contributed by atoms with Gasteiger partial charge in [-0.25, -0.2) is 17.5 Å². The van der Waals surface area contributed by atoms with Crippen molar-refractivity contribution in [2.75, 3.05) is 19.1 Å². The maximum Gasteiger partial charge on any atom is 0.241 e. The van der Waals surface area contributed by atoms with Crippen LogP contribution in [0.1, 0.15) is 19.3 Å². The Morgan fingerprint density at radius 1 is 1.43 bits per heavy atom. The molecule has 8 heteroatoms. The molecule has 0 saturated heterocycles. The number of thioether (sulfide) groups is 1. The predicted octanol–water partition coefficient (Wildman–Crippen LogP) is 1.98. The van der Waals surface area contributed by atoms with Crippen molar-refractivity contribution < 1.29 is 17.5 Å². The van der Waals surface area contributed by atoms with Crippen LogP contribution >= 0.6 is 11.8 Å². The van der Waals surface area contributed by atoms with Gasteiger partial charge in [0.05, 0.1) is 17.7 Å². The summed E-state index contributed by atoms with van der Waals surface area (Å²) in [6, 6.07) is 2.03. The van der Waals surface area contributed by atoms with Gasteiger partial charge in [0.15, 0.2) is 11.6 Å². The van der Waals surface area contributed by atoms with Gasteiger partial charge in [-0.1, -0.05) is 0 Å². The van der Waals surface area contributed by atoms with E-state index < -0.39 is 15.8 Å². The zero-order valence-electron chi connectivity index (χ0n) is 11.9. The van der Waals surface area contributed by atoms with Crippen LogP contribution in [0.15, 0.2) is 17.0 Å². The summed E-state index contributed by atoms with van der Waals surface area (Å²) in [7, 11) is -2.50. The SMILES string of the molecule is COc1c(N)cc(S(=O)(=O)NC2CCC(SC)C2)cc1F. The number of ether oxygens (including phenoxy) is 1. The summed E-state index contributed by atoms with van der Waals surface area (Å²) in [5, 5.41) is 0.468. The van der Waals surface area contributed by atoms with Gasteiger partial charge in [-0.2, -0.15) is 11.8 Å². The van der Waals surface area contributed by atoms with Crippen LogP contribution in [0.5, 0.6) is 5.75 Å². The summed E-state index contributed by atoms with van der Waals surface area (Å²) in [6.07, 6.45) is 4.57. The minimum Gasteiger partial charge on any atom is -0.492 e. The molecule has 118 valence electrons. The van der Waals surface area contributed by atoms with E-state index in [1.807, 2.05) is 6.26 Å². The minimum absolute atomic E-state index is 0.0358.